The zero-order valence-corrected chi connectivity index (χ0v) is 19.5. The summed E-state index contributed by atoms with van der Waals surface area (Å²) in [5, 5.41) is 12.9. The average Bonchev–Trinajstić information content (AvgIpc) is 3.62. The van der Waals surface area contributed by atoms with Crippen LogP contribution in [0.4, 0.5) is 0 Å². The SMILES string of the molecule is CCc1cc(CNC(=O)c2cc(C(=O)N[C@H]3CCc4cc(-c5n[nH]c(C)n5)ccc43)ncn2)co1. The van der Waals surface area contributed by atoms with Gasteiger partial charge in [0.2, 0.25) is 0 Å². The third-order valence-corrected chi connectivity index (χ3v) is 6.02. The molecule has 1 aliphatic carbocycles. The molecule has 3 N–H and O–H groups in total. The summed E-state index contributed by atoms with van der Waals surface area (Å²) in [7, 11) is 0. The zero-order valence-electron chi connectivity index (χ0n) is 19.5. The van der Waals surface area contributed by atoms with E-state index < -0.39 is 0 Å². The Bertz CT molecular complexity index is 1390. The first-order valence-corrected chi connectivity index (χ1v) is 11.5. The molecule has 0 radical (unpaired) electrons. The highest BCUT2D eigenvalue weighted by Crippen LogP contribution is 2.33. The molecule has 0 bridgehead atoms. The minimum atomic E-state index is -0.387. The van der Waals surface area contributed by atoms with E-state index in [-0.39, 0.29) is 29.2 Å². The number of hydrogen-bond acceptors (Lipinski definition) is 7. The van der Waals surface area contributed by atoms with Crippen molar-refractivity contribution in [3.8, 4) is 11.4 Å². The largest absolute Gasteiger partial charge is 0.469 e. The quantitative estimate of drug-likeness (QED) is 0.376. The minimum Gasteiger partial charge on any atom is -0.469 e. The lowest BCUT2D eigenvalue weighted by molar-refractivity contribution is 0.0931. The Morgan fingerprint density at radius 2 is 1.97 bits per heavy atom. The summed E-state index contributed by atoms with van der Waals surface area (Å²) < 4.78 is 5.38. The number of carbonyl (C=O) groups excluding carboxylic acids is 2. The van der Waals surface area contributed by atoms with E-state index in [1.165, 1.54) is 12.4 Å². The molecule has 10 heteroatoms. The Kier molecular flexibility index (Phi) is 6.09. The van der Waals surface area contributed by atoms with Crippen molar-refractivity contribution < 1.29 is 14.0 Å². The highest BCUT2D eigenvalue weighted by Gasteiger charge is 2.26. The van der Waals surface area contributed by atoms with E-state index in [2.05, 4.69) is 41.8 Å². The summed E-state index contributed by atoms with van der Waals surface area (Å²) in [5.74, 6) is 1.53. The molecule has 1 aromatic carbocycles. The van der Waals surface area contributed by atoms with Crippen molar-refractivity contribution in [3.05, 3.63) is 82.6 Å². The number of carbonyl (C=O) groups is 2. The average molecular weight is 472 g/mol. The second-order valence-corrected chi connectivity index (χ2v) is 8.47. The summed E-state index contributed by atoms with van der Waals surface area (Å²) in [6.07, 6.45) is 5.24. The fraction of sp³-hybridized carbons (Fsp3) is 0.280. The van der Waals surface area contributed by atoms with Crippen LogP contribution in [0.2, 0.25) is 0 Å². The van der Waals surface area contributed by atoms with Crippen molar-refractivity contribution in [3.63, 3.8) is 0 Å². The zero-order chi connectivity index (χ0) is 24.4. The molecule has 35 heavy (non-hydrogen) atoms. The van der Waals surface area contributed by atoms with Crippen LogP contribution in [0.15, 0.2) is 47.3 Å². The monoisotopic (exact) mass is 471 g/mol. The lowest BCUT2D eigenvalue weighted by Crippen LogP contribution is -2.29. The third-order valence-electron chi connectivity index (χ3n) is 6.02. The van der Waals surface area contributed by atoms with Crippen LogP contribution in [0.3, 0.4) is 0 Å². The van der Waals surface area contributed by atoms with Crippen LogP contribution < -0.4 is 10.6 Å². The van der Waals surface area contributed by atoms with Crippen molar-refractivity contribution in [1.29, 1.82) is 0 Å². The molecular weight excluding hydrogens is 446 g/mol. The first-order chi connectivity index (χ1) is 17.0. The number of amides is 2. The maximum atomic E-state index is 12.9. The summed E-state index contributed by atoms with van der Waals surface area (Å²) >= 11 is 0. The Hall–Kier alpha value is -4.34. The maximum Gasteiger partial charge on any atom is 0.270 e. The van der Waals surface area contributed by atoms with Gasteiger partial charge in [-0.1, -0.05) is 19.1 Å². The van der Waals surface area contributed by atoms with Crippen LogP contribution in [-0.2, 0) is 19.4 Å². The Labute approximate surface area is 201 Å². The molecule has 3 heterocycles. The smallest absolute Gasteiger partial charge is 0.270 e. The van der Waals surface area contributed by atoms with E-state index in [1.54, 1.807) is 6.26 Å². The van der Waals surface area contributed by atoms with Crippen molar-refractivity contribution in [2.24, 2.45) is 0 Å². The van der Waals surface area contributed by atoms with Gasteiger partial charge < -0.3 is 15.1 Å². The number of rotatable bonds is 7. The number of H-pyrrole nitrogens is 1. The van der Waals surface area contributed by atoms with Gasteiger partial charge >= 0.3 is 0 Å². The van der Waals surface area contributed by atoms with E-state index in [1.807, 2.05) is 32.0 Å². The number of nitrogens with one attached hydrogen (secondary N) is 3. The first-order valence-electron chi connectivity index (χ1n) is 11.5. The number of furan rings is 1. The van der Waals surface area contributed by atoms with Crippen molar-refractivity contribution >= 4 is 11.8 Å². The van der Waals surface area contributed by atoms with Gasteiger partial charge in [-0.15, -0.1) is 0 Å². The number of benzene rings is 1. The van der Waals surface area contributed by atoms with Gasteiger partial charge in [-0.05, 0) is 43.0 Å². The van der Waals surface area contributed by atoms with E-state index >= 15 is 0 Å². The van der Waals surface area contributed by atoms with Gasteiger partial charge in [-0.3, -0.25) is 14.7 Å². The number of hydrogen-bond donors (Lipinski definition) is 3. The predicted octanol–water partition coefficient (Wildman–Crippen LogP) is 3.07. The van der Waals surface area contributed by atoms with Crippen LogP contribution >= 0.6 is 0 Å². The van der Waals surface area contributed by atoms with E-state index in [9.17, 15) is 9.59 Å². The number of aromatic amines is 1. The summed E-state index contributed by atoms with van der Waals surface area (Å²) in [6, 6.07) is 9.20. The molecule has 0 spiro atoms. The number of fused-ring (bicyclic) bond motifs is 1. The van der Waals surface area contributed by atoms with Gasteiger partial charge in [0.05, 0.1) is 12.3 Å². The Morgan fingerprint density at radius 1 is 1.14 bits per heavy atom. The Balaban J connectivity index is 1.24. The normalized spacial score (nSPS) is 14.5. The summed E-state index contributed by atoms with van der Waals surface area (Å²) in [4.78, 5) is 37.9. The highest BCUT2D eigenvalue weighted by molar-refractivity contribution is 5.97. The molecule has 4 aromatic rings. The molecule has 0 unspecified atom stereocenters. The fourth-order valence-corrected chi connectivity index (χ4v) is 4.19. The van der Waals surface area contributed by atoms with Crippen LogP contribution in [0, 0.1) is 6.92 Å². The molecule has 2 amide bonds. The molecule has 5 rings (SSSR count). The fourth-order valence-electron chi connectivity index (χ4n) is 4.19. The van der Waals surface area contributed by atoms with Crippen molar-refractivity contribution in [2.45, 2.75) is 45.7 Å². The van der Waals surface area contributed by atoms with Crippen LogP contribution in [0.25, 0.3) is 11.4 Å². The minimum absolute atomic E-state index is 0.127. The topological polar surface area (TPSA) is 139 Å². The number of aryl methyl sites for hydroxylation is 3. The highest BCUT2D eigenvalue weighted by atomic mass is 16.3. The van der Waals surface area contributed by atoms with E-state index in [0.29, 0.717) is 12.4 Å². The van der Waals surface area contributed by atoms with Gasteiger partial charge in [-0.2, -0.15) is 5.10 Å². The molecule has 0 fully saturated rings. The van der Waals surface area contributed by atoms with Crippen molar-refractivity contribution in [1.82, 2.24) is 35.8 Å². The molecule has 0 saturated heterocycles. The van der Waals surface area contributed by atoms with Gasteiger partial charge in [-0.25, -0.2) is 15.0 Å². The van der Waals surface area contributed by atoms with Crippen molar-refractivity contribution in [2.75, 3.05) is 0 Å². The molecular formula is C25H25N7O3. The maximum absolute atomic E-state index is 12.9. The molecule has 0 aliphatic heterocycles. The van der Waals surface area contributed by atoms with Gasteiger partial charge in [0.15, 0.2) is 5.82 Å². The van der Waals surface area contributed by atoms with Crippen LogP contribution in [-0.4, -0.2) is 37.0 Å². The van der Waals surface area contributed by atoms with Crippen LogP contribution in [0.1, 0.15) is 68.6 Å². The number of aromatic nitrogens is 5. The van der Waals surface area contributed by atoms with Gasteiger partial charge in [0.25, 0.3) is 11.8 Å². The summed E-state index contributed by atoms with van der Waals surface area (Å²) in [5.41, 5.74) is 4.29. The third kappa shape index (κ3) is 4.81. The molecule has 178 valence electrons. The standard InChI is InChI=1S/C25H25N7O3/c1-3-18-8-15(12-35-18)11-26-24(33)21-10-22(28-13-27-21)25(34)30-20-7-5-16-9-17(4-6-19(16)20)23-29-14(2)31-32-23/h4,6,8-10,12-13,20H,3,5,7,11H2,1-2H3,(H,26,33)(H,30,34)(H,29,31,32)/t20-/m0/s1. The molecule has 0 saturated carbocycles. The number of nitrogens with zero attached hydrogens (tertiary/aromatic N) is 4. The van der Waals surface area contributed by atoms with Gasteiger partial charge in [0, 0.05) is 30.2 Å². The van der Waals surface area contributed by atoms with Crippen LogP contribution in [0.5, 0.6) is 0 Å². The van der Waals surface area contributed by atoms with E-state index in [4.69, 9.17) is 4.42 Å². The molecule has 10 nitrogen and oxygen atoms in total. The molecule has 1 atom stereocenters. The molecule has 1 aliphatic rings. The Morgan fingerprint density at radius 3 is 2.71 bits per heavy atom. The lowest BCUT2D eigenvalue weighted by Gasteiger charge is -2.14. The molecule has 3 aromatic heterocycles. The second kappa shape index (κ2) is 9.49. The lowest BCUT2D eigenvalue weighted by atomic mass is 10.0. The van der Waals surface area contributed by atoms with E-state index in [0.717, 1.165) is 53.1 Å². The van der Waals surface area contributed by atoms with Gasteiger partial charge in [0.1, 0.15) is 29.3 Å². The summed E-state index contributed by atoms with van der Waals surface area (Å²) in [6.45, 7) is 4.16. The first kappa shape index (κ1) is 22.5. The second-order valence-electron chi connectivity index (χ2n) is 8.47. The predicted molar refractivity (Wildman–Crippen MR) is 126 cm³/mol.